The molecule has 0 aromatic heterocycles. The number of carboxylic acid groups (broad SMARTS) is 2. The highest BCUT2D eigenvalue weighted by Crippen LogP contribution is 2.01. The molecular weight excluding hydrogens is 184 g/mol. The summed E-state index contributed by atoms with van der Waals surface area (Å²) >= 11 is 0. The molecule has 0 rings (SSSR count). The standard InChI is InChI=1S/C7H14O2.C3H2O2/c1-2-3-4-5-6-7(8)9;1-2-3(4)5/h2-6H2,1H3,(H,8,9);1H,(H,4,5). The molecule has 0 radical (unpaired) electrons. The predicted octanol–water partition coefficient (Wildman–Crippen LogP) is 1.75. The van der Waals surface area contributed by atoms with Crippen LogP contribution in [0.2, 0.25) is 0 Å². The summed E-state index contributed by atoms with van der Waals surface area (Å²) in [6.07, 6.45) is 8.88. The maximum atomic E-state index is 9.96. The van der Waals surface area contributed by atoms with Gasteiger partial charge in [0.05, 0.1) is 0 Å². The molecule has 2 N–H and O–H groups in total. The zero-order valence-electron chi connectivity index (χ0n) is 8.32. The molecule has 0 bridgehead atoms. The van der Waals surface area contributed by atoms with Crippen molar-refractivity contribution in [3.63, 3.8) is 0 Å². The number of carboxylic acids is 2. The molecule has 4 nitrogen and oxygen atoms in total. The second kappa shape index (κ2) is 11.5. The number of hydrogen-bond acceptors (Lipinski definition) is 2. The number of aliphatic carboxylic acids is 2. The summed E-state index contributed by atoms with van der Waals surface area (Å²) in [4.78, 5) is 19.1. The molecule has 0 unspecified atom stereocenters. The van der Waals surface area contributed by atoms with E-state index in [0.29, 0.717) is 6.42 Å². The quantitative estimate of drug-likeness (QED) is 0.523. The lowest BCUT2D eigenvalue weighted by Crippen LogP contribution is -1.92. The van der Waals surface area contributed by atoms with Crippen LogP contribution >= 0.6 is 0 Å². The van der Waals surface area contributed by atoms with E-state index < -0.39 is 11.9 Å². The zero-order chi connectivity index (χ0) is 11.4. The summed E-state index contributed by atoms with van der Waals surface area (Å²) in [6.45, 7) is 2.11. The second-order valence-electron chi connectivity index (χ2n) is 2.65. The van der Waals surface area contributed by atoms with E-state index in [1.165, 1.54) is 12.3 Å². The van der Waals surface area contributed by atoms with E-state index in [0.717, 1.165) is 19.3 Å². The molecule has 0 amide bonds. The van der Waals surface area contributed by atoms with E-state index >= 15 is 0 Å². The van der Waals surface area contributed by atoms with Gasteiger partial charge in [-0.1, -0.05) is 26.2 Å². The Balaban J connectivity index is 0. The van der Waals surface area contributed by atoms with E-state index in [9.17, 15) is 4.79 Å². The maximum absolute atomic E-state index is 9.96. The molecule has 80 valence electrons. The summed E-state index contributed by atoms with van der Waals surface area (Å²) in [5.41, 5.74) is 0. The molecule has 0 saturated heterocycles. The molecule has 0 fully saturated rings. The van der Waals surface area contributed by atoms with Crippen LogP contribution in [0, 0.1) is 12.3 Å². The van der Waals surface area contributed by atoms with Crippen LogP contribution in [0.5, 0.6) is 0 Å². The van der Waals surface area contributed by atoms with Gasteiger partial charge in [0.2, 0.25) is 0 Å². The van der Waals surface area contributed by atoms with Crippen molar-refractivity contribution in [2.75, 3.05) is 0 Å². The van der Waals surface area contributed by atoms with Crippen molar-refractivity contribution < 1.29 is 19.8 Å². The van der Waals surface area contributed by atoms with Gasteiger partial charge < -0.3 is 10.2 Å². The Bertz CT molecular complexity index is 203. The van der Waals surface area contributed by atoms with E-state index in [2.05, 4.69) is 13.3 Å². The number of rotatable bonds is 5. The third-order valence-electron chi connectivity index (χ3n) is 1.37. The molecule has 0 aliphatic rings. The van der Waals surface area contributed by atoms with Crippen LogP contribution in [0.1, 0.15) is 39.0 Å². The summed E-state index contributed by atoms with van der Waals surface area (Å²) in [6, 6.07) is 0. The molecule has 4 heteroatoms. The lowest BCUT2D eigenvalue weighted by atomic mass is 10.2. The fourth-order valence-electron chi connectivity index (χ4n) is 0.703. The zero-order valence-corrected chi connectivity index (χ0v) is 8.32. The maximum Gasteiger partial charge on any atom is 0.381 e. The minimum atomic E-state index is -1.22. The van der Waals surface area contributed by atoms with Gasteiger partial charge in [-0.05, 0) is 6.42 Å². The van der Waals surface area contributed by atoms with Gasteiger partial charge >= 0.3 is 11.9 Å². The van der Waals surface area contributed by atoms with Gasteiger partial charge in [0.25, 0.3) is 0 Å². The molecular formula is C10H16O4. The van der Waals surface area contributed by atoms with Crippen molar-refractivity contribution in [1.82, 2.24) is 0 Å². The van der Waals surface area contributed by atoms with Crippen molar-refractivity contribution in [2.45, 2.75) is 39.0 Å². The number of hydrogen-bond donors (Lipinski definition) is 2. The molecule has 0 aliphatic heterocycles. The summed E-state index contributed by atoms with van der Waals surface area (Å²) in [5, 5.41) is 15.7. The van der Waals surface area contributed by atoms with Crippen molar-refractivity contribution >= 4 is 11.9 Å². The lowest BCUT2D eigenvalue weighted by Gasteiger charge is -1.92. The van der Waals surface area contributed by atoms with Crippen LogP contribution in [-0.2, 0) is 9.59 Å². The first-order chi connectivity index (χ1) is 6.54. The Morgan fingerprint density at radius 3 is 2.00 bits per heavy atom. The first-order valence-electron chi connectivity index (χ1n) is 4.45. The smallest absolute Gasteiger partial charge is 0.381 e. The molecule has 0 aliphatic carbocycles. The minimum Gasteiger partial charge on any atom is -0.481 e. The molecule has 0 aromatic carbocycles. The highest BCUT2D eigenvalue weighted by molar-refractivity contribution is 5.85. The van der Waals surface area contributed by atoms with Crippen molar-refractivity contribution in [2.24, 2.45) is 0 Å². The van der Waals surface area contributed by atoms with Gasteiger partial charge in [0, 0.05) is 12.3 Å². The van der Waals surface area contributed by atoms with Crippen LogP contribution in [-0.4, -0.2) is 22.2 Å². The Morgan fingerprint density at radius 2 is 1.71 bits per heavy atom. The van der Waals surface area contributed by atoms with E-state index in [1.54, 1.807) is 0 Å². The first kappa shape index (κ1) is 15.0. The fourth-order valence-corrected chi connectivity index (χ4v) is 0.703. The molecule has 14 heavy (non-hydrogen) atoms. The third-order valence-corrected chi connectivity index (χ3v) is 1.37. The Morgan fingerprint density at radius 1 is 1.21 bits per heavy atom. The van der Waals surface area contributed by atoms with E-state index in [4.69, 9.17) is 15.0 Å². The average Bonchev–Trinajstić information content (AvgIpc) is 2.13. The highest BCUT2D eigenvalue weighted by Gasteiger charge is 1.93. The van der Waals surface area contributed by atoms with Crippen LogP contribution in [0.15, 0.2) is 0 Å². The van der Waals surface area contributed by atoms with Gasteiger partial charge in [0.15, 0.2) is 0 Å². The highest BCUT2D eigenvalue weighted by atomic mass is 16.4. The Labute approximate surface area is 83.9 Å². The van der Waals surface area contributed by atoms with E-state index in [1.807, 2.05) is 0 Å². The van der Waals surface area contributed by atoms with Crippen molar-refractivity contribution in [3.8, 4) is 12.3 Å². The van der Waals surface area contributed by atoms with Crippen molar-refractivity contribution in [3.05, 3.63) is 0 Å². The van der Waals surface area contributed by atoms with Crippen LogP contribution in [0.4, 0.5) is 0 Å². The SMILES string of the molecule is C#CC(=O)O.CCCCCCC(=O)O. The summed E-state index contributed by atoms with van der Waals surface area (Å²) in [7, 11) is 0. The topological polar surface area (TPSA) is 74.6 Å². The van der Waals surface area contributed by atoms with Gasteiger partial charge in [-0.2, -0.15) is 0 Å². The first-order valence-corrected chi connectivity index (χ1v) is 4.45. The number of unbranched alkanes of at least 4 members (excludes halogenated alkanes) is 3. The van der Waals surface area contributed by atoms with E-state index in [-0.39, 0.29) is 0 Å². The van der Waals surface area contributed by atoms with Gasteiger partial charge in [0.1, 0.15) is 0 Å². The van der Waals surface area contributed by atoms with Gasteiger partial charge in [-0.25, -0.2) is 4.79 Å². The average molecular weight is 200 g/mol. The van der Waals surface area contributed by atoms with Gasteiger partial charge in [-0.15, -0.1) is 6.42 Å². The number of terminal acetylenes is 1. The minimum absolute atomic E-state index is 0.333. The molecule has 0 atom stereocenters. The summed E-state index contributed by atoms with van der Waals surface area (Å²) in [5.74, 6) is -0.448. The monoisotopic (exact) mass is 200 g/mol. The molecule has 0 aromatic rings. The normalized spacial score (nSPS) is 8.00. The lowest BCUT2D eigenvalue weighted by molar-refractivity contribution is -0.137. The van der Waals surface area contributed by atoms with Crippen LogP contribution in [0.25, 0.3) is 0 Å². The Kier molecular flexibility index (Phi) is 12.3. The van der Waals surface area contributed by atoms with Gasteiger partial charge in [-0.3, -0.25) is 4.79 Å². The molecule has 0 heterocycles. The predicted molar refractivity (Wildman–Crippen MR) is 52.9 cm³/mol. The van der Waals surface area contributed by atoms with Crippen molar-refractivity contribution in [1.29, 1.82) is 0 Å². The molecule has 0 saturated carbocycles. The summed E-state index contributed by atoms with van der Waals surface area (Å²) < 4.78 is 0. The van der Waals surface area contributed by atoms with Crippen LogP contribution in [0.3, 0.4) is 0 Å². The largest absolute Gasteiger partial charge is 0.481 e. The Hall–Kier alpha value is -1.50. The fraction of sp³-hybridized carbons (Fsp3) is 0.600. The second-order valence-corrected chi connectivity index (χ2v) is 2.65. The number of carbonyl (C=O) groups is 2. The third kappa shape index (κ3) is 22.4. The molecule has 0 spiro atoms. The van der Waals surface area contributed by atoms with Crippen LogP contribution < -0.4 is 0 Å².